The lowest BCUT2D eigenvalue weighted by atomic mass is 9.99. The topological polar surface area (TPSA) is 38.0 Å². The van der Waals surface area contributed by atoms with Gasteiger partial charge in [-0.05, 0) is 46.8 Å². The molecule has 0 spiro atoms. The molecule has 2 rings (SSSR count). The zero-order chi connectivity index (χ0) is 15.2. The van der Waals surface area contributed by atoms with Crippen molar-refractivity contribution in [3.63, 3.8) is 0 Å². The van der Waals surface area contributed by atoms with Crippen LogP contribution in [0.25, 0.3) is 0 Å². The van der Waals surface area contributed by atoms with E-state index in [1.165, 1.54) is 5.56 Å². The third-order valence-electron chi connectivity index (χ3n) is 3.44. The van der Waals surface area contributed by atoms with E-state index >= 15 is 0 Å². The fourth-order valence-electron chi connectivity index (χ4n) is 2.29. The number of halogens is 3. The SMILES string of the molecule is NNC(CCCc1ccccc1)c1ccc(Br)c(Cl)c1F. The van der Waals surface area contributed by atoms with Crippen LogP contribution >= 0.6 is 27.5 Å². The molecule has 0 aliphatic carbocycles. The van der Waals surface area contributed by atoms with E-state index in [0.717, 1.165) is 19.3 Å². The molecule has 1 unspecified atom stereocenters. The molecule has 112 valence electrons. The van der Waals surface area contributed by atoms with Crippen molar-refractivity contribution in [3.8, 4) is 0 Å². The van der Waals surface area contributed by atoms with Gasteiger partial charge in [-0.25, -0.2) is 4.39 Å². The van der Waals surface area contributed by atoms with E-state index in [0.29, 0.717) is 10.0 Å². The fraction of sp³-hybridized carbons (Fsp3) is 0.250. The molecule has 0 saturated carbocycles. The van der Waals surface area contributed by atoms with Crippen LogP contribution in [0.1, 0.15) is 30.0 Å². The standard InChI is InChI=1S/C16H17BrClFN2/c17-13-10-9-12(16(19)15(13)18)14(21-20)8-4-7-11-5-2-1-3-6-11/h1-3,5-6,9-10,14,21H,4,7-8,20H2. The summed E-state index contributed by atoms with van der Waals surface area (Å²) < 4.78 is 14.7. The summed E-state index contributed by atoms with van der Waals surface area (Å²) in [4.78, 5) is 0. The van der Waals surface area contributed by atoms with Crippen LogP contribution in [0.4, 0.5) is 4.39 Å². The second-order valence-electron chi connectivity index (χ2n) is 4.86. The van der Waals surface area contributed by atoms with Crippen molar-refractivity contribution in [3.05, 3.63) is 68.9 Å². The Morgan fingerprint density at radius 3 is 2.57 bits per heavy atom. The Morgan fingerprint density at radius 1 is 1.19 bits per heavy atom. The van der Waals surface area contributed by atoms with E-state index in [9.17, 15) is 4.39 Å². The number of nitrogens with two attached hydrogens (primary N) is 1. The Labute approximate surface area is 137 Å². The van der Waals surface area contributed by atoms with Gasteiger partial charge in [0, 0.05) is 16.1 Å². The molecule has 0 radical (unpaired) electrons. The van der Waals surface area contributed by atoms with E-state index in [2.05, 4.69) is 33.5 Å². The molecule has 0 saturated heterocycles. The number of hydrogen-bond acceptors (Lipinski definition) is 2. The minimum Gasteiger partial charge on any atom is -0.271 e. The van der Waals surface area contributed by atoms with E-state index in [1.807, 2.05) is 18.2 Å². The number of hydrazine groups is 1. The van der Waals surface area contributed by atoms with Gasteiger partial charge in [0.15, 0.2) is 0 Å². The second kappa shape index (κ2) is 7.90. The van der Waals surface area contributed by atoms with Crippen LogP contribution < -0.4 is 11.3 Å². The van der Waals surface area contributed by atoms with Gasteiger partial charge in [-0.3, -0.25) is 11.3 Å². The van der Waals surface area contributed by atoms with E-state index in [4.69, 9.17) is 17.4 Å². The Morgan fingerprint density at radius 2 is 1.90 bits per heavy atom. The summed E-state index contributed by atoms with van der Waals surface area (Å²) in [5.74, 6) is 5.15. The number of hydrogen-bond donors (Lipinski definition) is 2. The maximum Gasteiger partial charge on any atom is 0.147 e. The molecule has 0 fully saturated rings. The Kier molecular flexibility index (Phi) is 6.18. The summed E-state index contributed by atoms with van der Waals surface area (Å²) in [6, 6.07) is 13.4. The number of nitrogens with one attached hydrogen (secondary N) is 1. The van der Waals surface area contributed by atoms with Gasteiger partial charge in [0.25, 0.3) is 0 Å². The average molecular weight is 372 g/mol. The normalized spacial score (nSPS) is 12.4. The first-order chi connectivity index (χ1) is 10.1. The van der Waals surface area contributed by atoms with Crippen molar-refractivity contribution in [2.24, 2.45) is 5.84 Å². The number of benzene rings is 2. The first-order valence-corrected chi connectivity index (χ1v) is 7.94. The van der Waals surface area contributed by atoms with Gasteiger partial charge in [-0.15, -0.1) is 0 Å². The van der Waals surface area contributed by atoms with Crippen LogP contribution in [0.2, 0.25) is 5.02 Å². The lowest BCUT2D eigenvalue weighted by molar-refractivity contribution is 0.472. The molecule has 5 heteroatoms. The van der Waals surface area contributed by atoms with Crippen molar-refractivity contribution in [2.45, 2.75) is 25.3 Å². The maximum absolute atomic E-state index is 14.2. The van der Waals surface area contributed by atoms with Crippen LogP contribution in [-0.4, -0.2) is 0 Å². The van der Waals surface area contributed by atoms with Crippen molar-refractivity contribution in [2.75, 3.05) is 0 Å². The quantitative estimate of drug-likeness (QED) is 0.436. The van der Waals surface area contributed by atoms with E-state index in [-0.39, 0.29) is 11.1 Å². The molecule has 0 amide bonds. The third kappa shape index (κ3) is 4.27. The van der Waals surface area contributed by atoms with Gasteiger partial charge < -0.3 is 0 Å². The fourth-order valence-corrected chi connectivity index (χ4v) is 2.77. The van der Waals surface area contributed by atoms with Crippen LogP contribution in [0.15, 0.2) is 46.9 Å². The Bertz CT molecular complexity index is 592. The maximum atomic E-state index is 14.2. The lowest BCUT2D eigenvalue weighted by Gasteiger charge is -2.18. The predicted molar refractivity (Wildman–Crippen MR) is 88.6 cm³/mol. The zero-order valence-electron chi connectivity index (χ0n) is 11.5. The van der Waals surface area contributed by atoms with Gasteiger partial charge in [0.1, 0.15) is 5.82 Å². The first-order valence-electron chi connectivity index (χ1n) is 6.77. The highest BCUT2D eigenvalue weighted by Gasteiger charge is 2.17. The summed E-state index contributed by atoms with van der Waals surface area (Å²) in [5.41, 5.74) is 4.44. The largest absolute Gasteiger partial charge is 0.271 e. The minimum absolute atomic E-state index is 0.0933. The van der Waals surface area contributed by atoms with Crippen molar-refractivity contribution < 1.29 is 4.39 Å². The molecular formula is C16H17BrClFN2. The van der Waals surface area contributed by atoms with Crippen LogP contribution in [-0.2, 0) is 6.42 Å². The van der Waals surface area contributed by atoms with Crippen molar-refractivity contribution in [1.82, 2.24) is 5.43 Å². The summed E-state index contributed by atoms with van der Waals surface area (Å²) >= 11 is 9.13. The highest BCUT2D eigenvalue weighted by Crippen LogP contribution is 2.31. The van der Waals surface area contributed by atoms with Crippen molar-refractivity contribution >= 4 is 27.5 Å². The third-order valence-corrected chi connectivity index (χ3v) is 4.70. The number of rotatable bonds is 6. The molecule has 2 aromatic carbocycles. The molecule has 0 aliphatic heterocycles. The second-order valence-corrected chi connectivity index (χ2v) is 6.09. The molecule has 0 aromatic heterocycles. The molecular weight excluding hydrogens is 355 g/mol. The smallest absolute Gasteiger partial charge is 0.147 e. The molecule has 2 nitrogen and oxygen atoms in total. The highest BCUT2D eigenvalue weighted by atomic mass is 79.9. The van der Waals surface area contributed by atoms with Crippen molar-refractivity contribution in [1.29, 1.82) is 0 Å². The minimum atomic E-state index is -0.422. The molecule has 21 heavy (non-hydrogen) atoms. The highest BCUT2D eigenvalue weighted by molar-refractivity contribution is 9.10. The molecule has 1 atom stereocenters. The molecule has 0 aliphatic rings. The molecule has 3 N–H and O–H groups in total. The lowest BCUT2D eigenvalue weighted by Crippen LogP contribution is -2.28. The number of aryl methyl sites for hydroxylation is 1. The zero-order valence-corrected chi connectivity index (χ0v) is 13.8. The van der Waals surface area contributed by atoms with Crippen LogP contribution in [0.3, 0.4) is 0 Å². The Balaban J connectivity index is 2.02. The van der Waals surface area contributed by atoms with Crippen LogP contribution in [0.5, 0.6) is 0 Å². The monoisotopic (exact) mass is 370 g/mol. The van der Waals surface area contributed by atoms with E-state index in [1.54, 1.807) is 12.1 Å². The van der Waals surface area contributed by atoms with Gasteiger partial charge >= 0.3 is 0 Å². The molecule has 0 bridgehead atoms. The summed E-state index contributed by atoms with van der Waals surface area (Å²) in [7, 11) is 0. The van der Waals surface area contributed by atoms with E-state index < -0.39 is 5.82 Å². The van der Waals surface area contributed by atoms with Gasteiger partial charge in [0.2, 0.25) is 0 Å². The summed E-state index contributed by atoms with van der Waals surface area (Å²) in [6.07, 6.45) is 2.58. The first kappa shape index (κ1) is 16.4. The van der Waals surface area contributed by atoms with Gasteiger partial charge in [-0.2, -0.15) is 0 Å². The average Bonchev–Trinajstić information content (AvgIpc) is 2.51. The molecule has 2 aromatic rings. The summed E-state index contributed by atoms with van der Waals surface area (Å²) in [6.45, 7) is 0. The van der Waals surface area contributed by atoms with Gasteiger partial charge in [-0.1, -0.05) is 48.0 Å². The predicted octanol–water partition coefficient (Wildman–Crippen LogP) is 4.77. The Hall–Kier alpha value is -0.940. The van der Waals surface area contributed by atoms with Crippen LogP contribution in [0, 0.1) is 5.82 Å². The summed E-state index contributed by atoms with van der Waals surface area (Å²) in [5, 5.41) is 0.0933. The van der Waals surface area contributed by atoms with Gasteiger partial charge in [0.05, 0.1) is 5.02 Å². The molecule has 0 heterocycles.